The standard InChI is InChI=1S/C22H26FN7O3/c1-28-13-15(12-26-28)21(32)25-11-14-6-8-29(9-7-14)22(33)18-10-19(20(24)31)30(27-18)17-4-2-16(23)3-5-17/h2-5,12-14,19H,6-11H2,1H3,(H2,24,31)(H,25,32). The number of piperidine rings is 1. The Kier molecular flexibility index (Phi) is 6.38. The van der Waals surface area contributed by atoms with Crippen LogP contribution in [0.2, 0.25) is 0 Å². The van der Waals surface area contributed by atoms with Gasteiger partial charge in [-0.2, -0.15) is 10.2 Å². The number of primary amides is 1. The number of anilines is 1. The number of carbonyl (C=O) groups is 3. The number of hydrogen-bond donors (Lipinski definition) is 2. The van der Waals surface area contributed by atoms with E-state index >= 15 is 0 Å². The van der Waals surface area contributed by atoms with Crippen LogP contribution in [0.4, 0.5) is 10.1 Å². The fraction of sp³-hybridized carbons (Fsp3) is 0.409. The van der Waals surface area contributed by atoms with Crippen LogP contribution in [0.25, 0.3) is 0 Å². The van der Waals surface area contributed by atoms with Gasteiger partial charge in [0.15, 0.2) is 0 Å². The van der Waals surface area contributed by atoms with Gasteiger partial charge in [-0.3, -0.25) is 24.1 Å². The molecule has 0 bridgehead atoms. The van der Waals surface area contributed by atoms with E-state index in [1.54, 1.807) is 22.8 Å². The van der Waals surface area contributed by atoms with E-state index in [9.17, 15) is 18.8 Å². The van der Waals surface area contributed by atoms with Crippen molar-refractivity contribution in [1.29, 1.82) is 0 Å². The average molecular weight is 455 g/mol. The van der Waals surface area contributed by atoms with Crippen LogP contribution in [-0.2, 0) is 16.6 Å². The lowest BCUT2D eigenvalue weighted by Crippen LogP contribution is -2.44. The molecule has 10 nitrogen and oxygen atoms in total. The fourth-order valence-corrected chi connectivity index (χ4v) is 4.09. The molecule has 1 unspecified atom stereocenters. The number of likely N-dealkylation sites (tertiary alicyclic amines) is 1. The molecule has 174 valence electrons. The van der Waals surface area contributed by atoms with Crippen molar-refractivity contribution in [1.82, 2.24) is 20.0 Å². The smallest absolute Gasteiger partial charge is 0.270 e. The Morgan fingerprint density at radius 2 is 1.88 bits per heavy atom. The normalized spacial score (nSPS) is 18.8. The molecule has 2 aliphatic heterocycles. The molecular weight excluding hydrogens is 429 g/mol. The first-order valence-corrected chi connectivity index (χ1v) is 10.8. The van der Waals surface area contributed by atoms with E-state index in [-0.39, 0.29) is 29.9 Å². The van der Waals surface area contributed by atoms with Crippen molar-refractivity contribution in [3.8, 4) is 0 Å². The van der Waals surface area contributed by atoms with Gasteiger partial charge < -0.3 is 16.0 Å². The van der Waals surface area contributed by atoms with Gasteiger partial charge in [0.25, 0.3) is 11.8 Å². The molecule has 0 radical (unpaired) electrons. The molecule has 1 atom stereocenters. The van der Waals surface area contributed by atoms with Crippen LogP contribution in [0.5, 0.6) is 0 Å². The van der Waals surface area contributed by atoms with Gasteiger partial charge in [-0.1, -0.05) is 0 Å². The van der Waals surface area contributed by atoms with Gasteiger partial charge >= 0.3 is 0 Å². The van der Waals surface area contributed by atoms with E-state index in [1.165, 1.54) is 35.5 Å². The fourth-order valence-electron chi connectivity index (χ4n) is 4.09. The number of halogens is 1. The molecule has 11 heteroatoms. The SMILES string of the molecule is Cn1cc(C(=O)NCC2CCN(C(=O)C3=NN(c4ccc(F)cc4)C(C(N)=O)C3)CC2)cn1. The van der Waals surface area contributed by atoms with Crippen LogP contribution in [0.1, 0.15) is 29.6 Å². The molecule has 0 saturated carbocycles. The second-order valence-electron chi connectivity index (χ2n) is 8.34. The lowest BCUT2D eigenvalue weighted by Gasteiger charge is -2.32. The Balaban J connectivity index is 1.33. The first-order valence-electron chi connectivity index (χ1n) is 10.8. The predicted octanol–water partition coefficient (Wildman–Crippen LogP) is 0.648. The van der Waals surface area contributed by atoms with Crippen LogP contribution in [0.15, 0.2) is 41.8 Å². The number of benzene rings is 1. The minimum absolute atomic E-state index is 0.104. The van der Waals surface area contributed by atoms with Gasteiger partial charge in [-0.05, 0) is 43.0 Å². The summed E-state index contributed by atoms with van der Waals surface area (Å²) < 4.78 is 14.8. The van der Waals surface area contributed by atoms with Crippen LogP contribution in [-0.4, -0.2) is 63.8 Å². The Morgan fingerprint density at radius 3 is 2.48 bits per heavy atom. The van der Waals surface area contributed by atoms with Gasteiger partial charge in [0, 0.05) is 39.3 Å². The molecule has 0 aliphatic carbocycles. The molecule has 3 amide bonds. The van der Waals surface area contributed by atoms with E-state index in [1.807, 2.05) is 0 Å². The quantitative estimate of drug-likeness (QED) is 0.661. The van der Waals surface area contributed by atoms with Crippen molar-refractivity contribution >= 4 is 29.1 Å². The first kappa shape index (κ1) is 22.4. The zero-order chi connectivity index (χ0) is 23.5. The Hall–Kier alpha value is -3.76. The molecule has 33 heavy (non-hydrogen) atoms. The number of hydrazone groups is 1. The number of nitrogens with zero attached hydrogens (tertiary/aromatic N) is 5. The minimum Gasteiger partial charge on any atom is -0.368 e. The third-order valence-electron chi connectivity index (χ3n) is 6.00. The van der Waals surface area contributed by atoms with Crippen molar-refractivity contribution in [3.05, 3.63) is 48.0 Å². The molecule has 2 aliphatic rings. The lowest BCUT2D eigenvalue weighted by molar-refractivity contribution is -0.125. The zero-order valence-corrected chi connectivity index (χ0v) is 18.3. The van der Waals surface area contributed by atoms with Crippen molar-refractivity contribution in [2.75, 3.05) is 24.6 Å². The minimum atomic E-state index is -0.797. The van der Waals surface area contributed by atoms with Gasteiger partial charge in [0.05, 0.1) is 17.4 Å². The third-order valence-corrected chi connectivity index (χ3v) is 6.00. The van der Waals surface area contributed by atoms with E-state index in [4.69, 9.17) is 5.73 Å². The number of aromatic nitrogens is 2. The molecule has 1 saturated heterocycles. The molecule has 1 fully saturated rings. The number of amides is 3. The van der Waals surface area contributed by atoms with Crippen LogP contribution >= 0.6 is 0 Å². The highest BCUT2D eigenvalue weighted by atomic mass is 19.1. The highest BCUT2D eigenvalue weighted by Crippen LogP contribution is 2.26. The summed E-state index contributed by atoms with van der Waals surface area (Å²) in [6.07, 6.45) is 4.77. The summed E-state index contributed by atoms with van der Waals surface area (Å²) in [6.45, 7) is 1.59. The summed E-state index contributed by atoms with van der Waals surface area (Å²) in [5.74, 6) is -1.15. The zero-order valence-electron chi connectivity index (χ0n) is 18.3. The predicted molar refractivity (Wildman–Crippen MR) is 119 cm³/mol. The molecular formula is C22H26FN7O3. The maximum Gasteiger partial charge on any atom is 0.270 e. The molecule has 3 heterocycles. The van der Waals surface area contributed by atoms with Gasteiger partial charge in [0.1, 0.15) is 17.6 Å². The number of carbonyl (C=O) groups excluding carboxylic acids is 3. The molecule has 1 aromatic carbocycles. The summed E-state index contributed by atoms with van der Waals surface area (Å²) >= 11 is 0. The van der Waals surface area contributed by atoms with Gasteiger partial charge in [-0.25, -0.2) is 4.39 Å². The highest BCUT2D eigenvalue weighted by Gasteiger charge is 2.37. The Labute approximate surface area is 190 Å². The largest absolute Gasteiger partial charge is 0.368 e. The first-order chi connectivity index (χ1) is 15.8. The molecule has 2 aromatic rings. The van der Waals surface area contributed by atoms with Crippen LogP contribution < -0.4 is 16.1 Å². The van der Waals surface area contributed by atoms with Gasteiger partial charge in [-0.15, -0.1) is 0 Å². The molecule has 3 N–H and O–H groups in total. The number of rotatable bonds is 6. The maximum absolute atomic E-state index is 13.3. The molecule has 4 rings (SSSR count). The van der Waals surface area contributed by atoms with Gasteiger partial charge in [0.2, 0.25) is 5.91 Å². The number of nitrogens with one attached hydrogen (secondary N) is 1. The average Bonchev–Trinajstić information content (AvgIpc) is 3.45. The number of aryl methyl sites for hydroxylation is 1. The van der Waals surface area contributed by atoms with Crippen LogP contribution in [0.3, 0.4) is 0 Å². The van der Waals surface area contributed by atoms with E-state index in [0.717, 1.165) is 12.8 Å². The highest BCUT2D eigenvalue weighted by molar-refractivity contribution is 6.40. The van der Waals surface area contributed by atoms with Crippen molar-refractivity contribution in [2.45, 2.75) is 25.3 Å². The van der Waals surface area contributed by atoms with Crippen molar-refractivity contribution in [2.24, 2.45) is 23.8 Å². The summed E-state index contributed by atoms with van der Waals surface area (Å²) in [6, 6.07) is 4.72. The molecule has 0 spiro atoms. The van der Waals surface area contributed by atoms with Crippen molar-refractivity contribution in [3.63, 3.8) is 0 Å². The lowest BCUT2D eigenvalue weighted by atomic mass is 9.96. The summed E-state index contributed by atoms with van der Waals surface area (Å²) in [5.41, 5.74) is 6.78. The summed E-state index contributed by atoms with van der Waals surface area (Å²) in [5, 5.41) is 12.7. The van der Waals surface area contributed by atoms with Crippen LogP contribution in [0, 0.1) is 11.7 Å². The van der Waals surface area contributed by atoms with E-state index < -0.39 is 17.8 Å². The second kappa shape index (κ2) is 9.39. The number of nitrogens with two attached hydrogens (primary N) is 1. The summed E-state index contributed by atoms with van der Waals surface area (Å²) in [7, 11) is 1.75. The Bertz CT molecular complexity index is 1070. The summed E-state index contributed by atoms with van der Waals surface area (Å²) in [4.78, 5) is 38.9. The maximum atomic E-state index is 13.3. The third kappa shape index (κ3) is 5.02. The van der Waals surface area contributed by atoms with E-state index in [2.05, 4.69) is 15.5 Å². The second-order valence-corrected chi connectivity index (χ2v) is 8.34. The molecule has 1 aromatic heterocycles. The topological polar surface area (TPSA) is 126 Å². The number of hydrogen-bond acceptors (Lipinski definition) is 6. The monoisotopic (exact) mass is 455 g/mol. The van der Waals surface area contributed by atoms with Crippen molar-refractivity contribution < 1.29 is 18.8 Å². The van der Waals surface area contributed by atoms with E-state index in [0.29, 0.717) is 30.9 Å². The Morgan fingerprint density at radius 1 is 1.18 bits per heavy atom.